The van der Waals surface area contributed by atoms with E-state index in [1.807, 2.05) is 0 Å². The molecule has 0 aromatic carbocycles. The molecule has 2 saturated carbocycles. The Morgan fingerprint density at radius 1 is 1.25 bits per heavy atom. The number of rotatable bonds is 1. The van der Waals surface area contributed by atoms with E-state index in [-0.39, 0.29) is 11.9 Å². The summed E-state index contributed by atoms with van der Waals surface area (Å²) in [5.41, 5.74) is 0. The van der Waals surface area contributed by atoms with Gasteiger partial charge in [0.2, 0.25) is 0 Å². The van der Waals surface area contributed by atoms with Crippen molar-refractivity contribution < 1.29 is 9.53 Å². The van der Waals surface area contributed by atoms with E-state index < -0.39 is 0 Å². The van der Waals surface area contributed by atoms with E-state index in [0.29, 0.717) is 18.4 Å². The molecule has 2 aliphatic carbocycles. The quantitative estimate of drug-likeness (QED) is 0.501. The molecule has 16 heavy (non-hydrogen) atoms. The molecule has 2 heteroatoms. The molecule has 3 rings (SSSR count). The maximum atomic E-state index is 11.7. The molecule has 0 aromatic rings. The smallest absolute Gasteiger partial charge is 0.309 e. The minimum atomic E-state index is 0.0564. The number of esters is 1. The highest BCUT2D eigenvalue weighted by Crippen LogP contribution is 2.51. The Morgan fingerprint density at radius 2 is 2.06 bits per heavy atom. The maximum absolute atomic E-state index is 11.7. The fourth-order valence-electron chi connectivity index (χ4n) is 4.26. The first-order valence-corrected chi connectivity index (χ1v) is 6.60. The molecule has 0 radical (unpaired) electrons. The van der Waals surface area contributed by atoms with Gasteiger partial charge >= 0.3 is 5.97 Å². The van der Waals surface area contributed by atoms with Crippen LogP contribution in [0.5, 0.6) is 0 Å². The second-order valence-electron chi connectivity index (χ2n) is 5.66. The van der Waals surface area contributed by atoms with Gasteiger partial charge in [-0.15, -0.1) is 6.58 Å². The molecule has 0 aromatic heterocycles. The molecule has 0 spiro atoms. The van der Waals surface area contributed by atoms with Crippen molar-refractivity contribution in [3.63, 3.8) is 0 Å². The molecule has 3 aliphatic rings. The van der Waals surface area contributed by atoms with Crippen LogP contribution in [-0.4, -0.2) is 12.6 Å². The highest BCUT2D eigenvalue weighted by Gasteiger charge is 2.50. The number of fused-ring (bicyclic) bond motifs is 2. The van der Waals surface area contributed by atoms with Gasteiger partial charge in [-0.05, 0) is 30.6 Å². The van der Waals surface area contributed by atoms with E-state index in [1.165, 1.54) is 25.7 Å². The average molecular weight is 220 g/mol. The molecule has 1 aliphatic heterocycles. The van der Waals surface area contributed by atoms with Crippen LogP contribution in [-0.2, 0) is 9.53 Å². The number of carbonyl (C=O) groups is 1. The third kappa shape index (κ3) is 1.42. The molecular formula is C14H20O2. The van der Waals surface area contributed by atoms with Gasteiger partial charge in [0.1, 0.15) is 0 Å². The van der Waals surface area contributed by atoms with Crippen molar-refractivity contribution in [1.29, 1.82) is 0 Å². The van der Waals surface area contributed by atoms with E-state index >= 15 is 0 Å². The van der Waals surface area contributed by atoms with E-state index in [9.17, 15) is 4.79 Å². The summed E-state index contributed by atoms with van der Waals surface area (Å²) < 4.78 is 5.25. The van der Waals surface area contributed by atoms with Crippen molar-refractivity contribution in [3.05, 3.63) is 12.7 Å². The predicted molar refractivity (Wildman–Crippen MR) is 61.7 cm³/mol. The second-order valence-corrected chi connectivity index (χ2v) is 5.66. The summed E-state index contributed by atoms with van der Waals surface area (Å²) in [6, 6.07) is 0. The minimum Gasteiger partial charge on any atom is -0.465 e. The fourth-order valence-corrected chi connectivity index (χ4v) is 4.26. The highest BCUT2D eigenvalue weighted by molar-refractivity contribution is 5.75. The van der Waals surface area contributed by atoms with Gasteiger partial charge in [-0.2, -0.15) is 0 Å². The van der Waals surface area contributed by atoms with Crippen molar-refractivity contribution in [3.8, 4) is 0 Å². The summed E-state index contributed by atoms with van der Waals surface area (Å²) in [6.45, 7) is 4.64. The molecule has 0 amide bonds. The predicted octanol–water partition coefficient (Wildman–Crippen LogP) is 2.79. The van der Waals surface area contributed by atoms with Crippen LogP contribution in [0.2, 0.25) is 0 Å². The van der Waals surface area contributed by atoms with Gasteiger partial charge in [0.05, 0.1) is 12.5 Å². The Kier molecular flexibility index (Phi) is 2.53. The topological polar surface area (TPSA) is 26.3 Å². The second kappa shape index (κ2) is 3.90. The third-order valence-electron chi connectivity index (χ3n) is 5.02. The first-order chi connectivity index (χ1) is 7.81. The lowest BCUT2D eigenvalue weighted by Gasteiger charge is -2.44. The van der Waals surface area contributed by atoms with Crippen molar-refractivity contribution in [2.75, 3.05) is 6.61 Å². The van der Waals surface area contributed by atoms with Gasteiger partial charge in [0.25, 0.3) is 0 Å². The molecule has 0 bridgehead atoms. The summed E-state index contributed by atoms with van der Waals surface area (Å²) >= 11 is 0. The molecule has 2 nitrogen and oxygen atoms in total. The maximum Gasteiger partial charge on any atom is 0.309 e. The van der Waals surface area contributed by atoms with E-state index in [2.05, 4.69) is 12.7 Å². The van der Waals surface area contributed by atoms with Crippen molar-refractivity contribution >= 4 is 5.97 Å². The van der Waals surface area contributed by atoms with Gasteiger partial charge in [0.15, 0.2) is 0 Å². The molecule has 1 saturated heterocycles. The van der Waals surface area contributed by atoms with Gasteiger partial charge < -0.3 is 4.74 Å². The molecular weight excluding hydrogens is 200 g/mol. The number of allylic oxidation sites excluding steroid dienone is 1. The Labute approximate surface area is 97.1 Å². The molecule has 1 unspecified atom stereocenters. The number of hydrogen-bond donors (Lipinski definition) is 0. The Hall–Kier alpha value is -0.790. The van der Waals surface area contributed by atoms with Crippen molar-refractivity contribution in [1.82, 2.24) is 0 Å². The van der Waals surface area contributed by atoms with E-state index in [0.717, 1.165) is 18.3 Å². The standard InChI is InChI=1S/C14H20O2/c1-2-10-11-6-4-3-5-9(11)7-12-13(10)8-16-14(12)15/h2,9-13H,1,3-8H2/t9?,10-,11+,12+,13-/m1/s1. The molecule has 1 heterocycles. The van der Waals surface area contributed by atoms with Crippen LogP contribution >= 0.6 is 0 Å². The highest BCUT2D eigenvalue weighted by atomic mass is 16.5. The lowest BCUT2D eigenvalue weighted by Crippen LogP contribution is -2.41. The summed E-state index contributed by atoms with van der Waals surface area (Å²) in [4.78, 5) is 11.7. The summed E-state index contributed by atoms with van der Waals surface area (Å²) in [6.07, 6.45) is 8.53. The van der Waals surface area contributed by atoms with Crippen LogP contribution in [0.25, 0.3) is 0 Å². The zero-order valence-corrected chi connectivity index (χ0v) is 9.73. The summed E-state index contributed by atoms with van der Waals surface area (Å²) in [5, 5.41) is 0. The largest absolute Gasteiger partial charge is 0.465 e. The number of hydrogen-bond acceptors (Lipinski definition) is 2. The first kappa shape index (κ1) is 10.4. The number of ether oxygens (including phenoxy) is 1. The molecule has 5 atom stereocenters. The Bertz CT molecular complexity index is 310. The zero-order valence-electron chi connectivity index (χ0n) is 9.73. The molecule has 0 N–H and O–H groups in total. The van der Waals surface area contributed by atoms with Crippen LogP contribution in [0, 0.1) is 29.6 Å². The summed E-state index contributed by atoms with van der Waals surface area (Å²) in [7, 11) is 0. The lowest BCUT2D eigenvalue weighted by molar-refractivity contribution is -0.142. The minimum absolute atomic E-state index is 0.0564. The van der Waals surface area contributed by atoms with Gasteiger partial charge in [0, 0.05) is 5.92 Å². The SMILES string of the molecule is C=C[C@H]1[C@H]2COC(=O)[C@H]2CC2CCCC[C@@H]21. The van der Waals surface area contributed by atoms with E-state index in [4.69, 9.17) is 4.74 Å². The number of carbonyl (C=O) groups excluding carboxylic acids is 1. The summed E-state index contributed by atoms with van der Waals surface area (Å²) in [5.74, 6) is 2.73. The molecule has 88 valence electrons. The Balaban J connectivity index is 1.87. The van der Waals surface area contributed by atoms with Gasteiger partial charge in [-0.1, -0.05) is 25.3 Å². The Morgan fingerprint density at radius 3 is 2.88 bits per heavy atom. The van der Waals surface area contributed by atoms with Crippen LogP contribution < -0.4 is 0 Å². The number of cyclic esters (lactones) is 1. The zero-order chi connectivity index (χ0) is 11.1. The van der Waals surface area contributed by atoms with Crippen LogP contribution in [0.15, 0.2) is 12.7 Å². The normalized spacial score (nSPS) is 46.8. The lowest BCUT2D eigenvalue weighted by atomic mass is 9.58. The van der Waals surface area contributed by atoms with E-state index in [1.54, 1.807) is 0 Å². The van der Waals surface area contributed by atoms with Crippen LogP contribution in [0.1, 0.15) is 32.1 Å². The van der Waals surface area contributed by atoms with Crippen LogP contribution in [0.3, 0.4) is 0 Å². The monoisotopic (exact) mass is 220 g/mol. The van der Waals surface area contributed by atoms with Crippen molar-refractivity contribution in [2.24, 2.45) is 29.6 Å². The van der Waals surface area contributed by atoms with Crippen molar-refractivity contribution in [2.45, 2.75) is 32.1 Å². The van der Waals surface area contributed by atoms with Gasteiger partial charge in [-0.3, -0.25) is 4.79 Å². The fraction of sp³-hybridized carbons (Fsp3) is 0.786. The third-order valence-corrected chi connectivity index (χ3v) is 5.02. The van der Waals surface area contributed by atoms with Gasteiger partial charge in [-0.25, -0.2) is 0 Å². The van der Waals surface area contributed by atoms with Crippen LogP contribution in [0.4, 0.5) is 0 Å². The first-order valence-electron chi connectivity index (χ1n) is 6.60. The molecule has 3 fully saturated rings. The average Bonchev–Trinajstić information content (AvgIpc) is 2.68.